The van der Waals surface area contributed by atoms with Gasteiger partial charge in [-0.25, -0.2) is 0 Å². The molecule has 0 bridgehead atoms. The highest BCUT2D eigenvalue weighted by Gasteiger charge is 2.25. The van der Waals surface area contributed by atoms with Crippen LogP contribution in [0.3, 0.4) is 0 Å². The summed E-state index contributed by atoms with van der Waals surface area (Å²) in [5.41, 5.74) is 5.28. The van der Waals surface area contributed by atoms with Gasteiger partial charge in [-0.15, -0.1) is 0 Å². The second-order valence-corrected chi connectivity index (χ2v) is 7.35. The molecule has 6 heteroatoms. The Balaban J connectivity index is 1.49. The first-order valence-corrected chi connectivity index (χ1v) is 9.61. The molecule has 0 spiro atoms. The molecule has 28 heavy (non-hydrogen) atoms. The first-order valence-electron chi connectivity index (χ1n) is 9.61. The number of fused-ring (bicyclic) bond motifs is 2. The van der Waals surface area contributed by atoms with E-state index in [1.54, 1.807) is 6.26 Å². The van der Waals surface area contributed by atoms with E-state index in [-0.39, 0.29) is 5.91 Å². The van der Waals surface area contributed by atoms with E-state index in [1.807, 2.05) is 69.8 Å². The van der Waals surface area contributed by atoms with Crippen molar-refractivity contribution in [1.29, 1.82) is 0 Å². The molecule has 6 nitrogen and oxygen atoms in total. The van der Waals surface area contributed by atoms with Gasteiger partial charge >= 0.3 is 0 Å². The second kappa shape index (κ2) is 6.71. The first-order chi connectivity index (χ1) is 13.7. The molecule has 4 heterocycles. The Morgan fingerprint density at radius 3 is 2.96 bits per heavy atom. The number of rotatable bonds is 5. The molecule has 142 valence electrons. The van der Waals surface area contributed by atoms with Crippen LogP contribution in [0.2, 0.25) is 0 Å². The topological polar surface area (TPSA) is 55.7 Å². The van der Waals surface area contributed by atoms with Crippen molar-refractivity contribution >= 4 is 11.4 Å². The van der Waals surface area contributed by atoms with Gasteiger partial charge in [-0.1, -0.05) is 6.07 Å². The lowest BCUT2D eigenvalue weighted by atomic mass is 10.1. The molecule has 1 amide bonds. The second-order valence-electron chi connectivity index (χ2n) is 7.35. The van der Waals surface area contributed by atoms with Gasteiger partial charge in [0.2, 0.25) is 0 Å². The lowest BCUT2D eigenvalue weighted by Gasteiger charge is -2.21. The molecule has 0 saturated carbocycles. The molecule has 5 rings (SSSR count). The van der Waals surface area contributed by atoms with Gasteiger partial charge in [0.1, 0.15) is 5.76 Å². The van der Waals surface area contributed by atoms with Crippen LogP contribution in [0.5, 0.6) is 0 Å². The Morgan fingerprint density at radius 2 is 2.14 bits per heavy atom. The molecule has 0 aromatic carbocycles. The van der Waals surface area contributed by atoms with Gasteiger partial charge in [-0.05, 0) is 55.2 Å². The van der Waals surface area contributed by atoms with Crippen molar-refractivity contribution in [2.75, 3.05) is 0 Å². The summed E-state index contributed by atoms with van der Waals surface area (Å²) in [6.45, 7) is 0.901. The molecular weight excluding hydrogens is 352 g/mol. The van der Waals surface area contributed by atoms with Gasteiger partial charge in [0.05, 0.1) is 30.6 Å². The van der Waals surface area contributed by atoms with E-state index in [2.05, 4.69) is 0 Å². The van der Waals surface area contributed by atoms with E-state index in [1.165, 1.54) is 11.3 Å². The minimum Gasteiger partial charge on any atom is -0.467 e. The van der Waals surface area contributed by atoms with Crippen LogP contribution >= 0.6 is 0 Å². The highest BCUT2D eigenvalue weighted by atomic mass is 16.3. The van der Waals surface area contributed by atoms with Crippen molar-refractivity contribution < 1.29 is 9.21 Å². The van der Waals surface area contributed by atoms with E-state index in [0.29, 0.717) is 18.7 Å². The summed E-state index contributed by atoms with van der Waals surface area (Å²) in [6, 6.07) is 11.6. The summed E-state index contributed by atoms with van der Waals surface area (Å²) >= 11 is 0. The van der Waals surface area contributed by atoms with Crippen molar-refractivity contribution in [2.45, 2.75) is 32.4 Å². The number of aromatic nitrogens is 3. The third-order valence-corrected chi connectivity index (χ3v) is 5.50. The number of amides is 1. The molecule has 1 aliphatic rings. The van der Waals surface area contributed by atoms with Gasteiger partial charge in [0, 0.05) is 30.7 Å². The molecule has 0 saturated heterocycles. The molecule has 1 aliphatic carbocycles. The average molecular weight is 374 g/mol. The van der Waals surface area contributed by atoms with Crippen LogP contribution in [0.25, 0.3) is 5.52 Å². The fraction of sp³-hybridized carbons (Fsp3) is 0.273. The Labute approximate surface area is 163 Å². The molecule has 0 atom stereocenters. The van der Waals surface area contributed by atoms with E-state index >= 15 is 0 Å². The lowest BCUT2D eigenvalue weighted by Crippen LogP contribution is -2.30. The summed E-state index contributed by atoms with van der Waals surface area (Å²) in [4.78, 5) is 15.2. The number of aryl methyl sites for hydroxylation is 1. The minimum atomic E-state index is -0.0162. The van der Waals surface area contributed by atoms with Gasteiger partial charge in [0.25, 0.3) is 5.91 Å². The lowest BCUT2D eigenvalue weighted by molar-refractivity contribution is 0.0715. The van der Waals surface area contributed by atoms with Crippen LogP contribution < -0.4 is 0 Å². The highest BCUT2D eigenvalue weighted by Crippen LogP contribution is 2.26. The number of carbonyl (C=O) groups excluding carboxylic acids is 1. The van der Waals surface area contributed by atoms with E-state index < -0.39 is 0 Å². The number of nitrogens with zero attached hydrogens (tertiary/aromatic N) is 4. The third kappa shape index (κ3) is 2.91. The maximum atomic E-state index is 13.4. The monoisotopic (exact) mass is 374 g/mol. The average Bonchev–Trinajstić information content (AvgIpc) is 3.47. The minimum absolute atomic E-state index is 0.0162. The number of pyridine rings is 1. The van der Waals surface area contributed by atoms with Gasteiger partial charge < -0.3 is 13.7 Å². The molecule has 4 aromatic rings. The van der Waals surface area contributed by atoms with Crippen molar-refractivity contribution in [3.05, 3.63) is 83.3 Å². The van der Waals surface area contributed by atoms with E-state index in [0.717, 1.165) is 36.2 Å². The predicted octanol–water partition coefficient (Wildman–Crippen LogP) is 3.60. The summed E-state index contributed by atoms with van der Waals surface area (Å²) < 4.78 is 9.46. The Bertz CT molecular complexity index is 1100. The molecule has 0 N–H and O–H groups in total. The van der Waals surface area contributed by atoms with Gasteiger partial charge in [-0.3, -0.25) is 9.48 Å². The summed E-state index contributed by atoms with van der Waals surface area (Å²) in [7, 11) is 1.99. The fourth-order valence-electron chi connectivity index (χ4n) is 4.15. The van der Waals surface area contributed by atoms with Gasteiger partial charge in [0.15, 0.2) is 0 Å². The van der Waals surface area contributed by atoms with Crippen LogP contribution in [-0.2, 0) is 33.0 Å². The van der Waals surface area contributed by atoms with Crippen molar-refractivity contribution in [2.24, 2.45) is 7.05 Å². The SMILES string of the molecule is Cn1nc(CN(Cc2ccco2)C(=O)c2cc3ccccn3c2)c2c1CCC2. The maximum Gasteiger partial charge on any atom is 0.256 e. The van der Waals surface area contributed by atoms with E-state index in [9.17, 15) is 4.79 Å². The normalized spacial score (nSPS) is 13.2. The fourth-order valence-corrected chi connectivity index (χ4v) is 4.15. The Hall–Kier alpha value is -3.28. The molecule has 0 fully saturated rings. The molecular formula is C22H22N4O2. The van der Waals surface area contributed by atoms with Crippen LogP contribution in [-0.4, -0.2) is 25.0 Å². The summed E-state index contributed by atoms with van der Waals surface area (Å²) in [6.07, 6.45) is 8.74. The molecule has 0 aliphatic heterocycles. The summed E-state index contributed by atoms with van der Waals surface area (Å²) in [5.74, 6) is 0.752. The Morgan fingerprint density at radius 1 is 1.21 bits per heavy atom. The molecule has 0 unspecified atom stereocenters. The van der Waals surface area contributed by atoms with Crippen molar-refractivity contribution in [3.8, 4) is 0 Å². The Kier molecular flexibility index (Phi) is 4.04. The smallest absolute Gasteiger partial charge is 0.256 e. The quantitative estimate of drug-likeness (QED) is 0.536. The molecule has 0 radical (unpaired) electrons. The van der Waals surface area contributed by atoms with Crippen LogP contribution in [0, 0.1) is 0 Å². The standard InChI is InChI=1S/C22H22N4O2/c1-24-21-9-4-8-19(21)20(23-24)15-26(14-18-7-5-11-28-18)22(27)16-12-17-6-2-3-10-25(17)13-16/h2-3,5-7,10-13H,4,8-9,14-15H2,1H3. The van der Waals surface area contributed by atoms with Crippen LogP contribution in [0.4, 0.5) is 0 Å². The maximum absolute atomic E-state index is 13.4. The molecule has 4 aromatic heterocycles. The van der Waals surface area contributed by atoms with Crippen molar-refractivity contribution in [1.82, 2.24) is 19.1 Å². The number of hydrogen-bond donors (Lipinski definition) is 0. The first kappa shape index (κ1) is 16.9. The van der Waals surface area contributed by atoms with Crippen LogP contribution in [0.15, 0.2) is 59.5 Å². The van der Waals surface area contributed by atoms with Crippen LogP contribution in [0.1, 0.15) is 39.5 Å². The van der Waals surface area contributed by atoms with E-state index in [4.69, 9.17) is 9.52 Å². The zero-order valence-electron chi connectivity index (χ0n) is 15.8. The highest BCUT2D eigenvalue weighted by molar-refractivity contribution is 5.95. The van der Waals surface area contributed by atoms with Gasteiger partial charge in [-0.2, -0.15) is 5.10 Å². The number of hydrogen-bond acceptors (Lipinski definition) is 3. The number of carbonyl (C=O) groups is 1. The predicted molar refractivity (Wildman–Crippen MR) is 105 cm³/mol. The summed E-state index contributed by atoms with van der Waals surface area (Å²) in [5, 5.41) is 4.71. The largest absolute Gasteiger partial charge is 0.467 e. The third-order valence-electron chi connectivity index (χ3n) is 5.50. The number of furan rings is 1. The zero-order valence-corrected chi connectivity index (χ0v) is 15.8. The zero-order chi connectivity index (χ0) is 19.1. The van der Waals surface area contributed by atoms with Crippen molar-refractivity contribution in [3.63, 3.8) is 0 Å².